The summed E-state index contributed by atoms with van der Waals surface area (Å²) in [5.74, 6) is 0. The van der Waals surface area contributed by atoms with Crippen LogP contribution in [0.15, 0.2) is 0 Å². The van der Waals surface area contributed by atoms with Crippen molar-refractivity contribution in [1.82, 2.24) is 9.80 Å². The van der Waals surface area contributed by atoms with Gasteiger partial charge in [-0.1, -0.05) is 13.8 Å². The Kier molecular flexibility index (Phi) is 2.87. The molecule has 0 aliphatic heterocycles. The van der Waals surface area contributed by atoms with Crippen LogP contribution in [0.3, 0.4) is 0 Å². The van der Waals surface area contributed by atoms with Gasteiger partial charge in [-0.3, -0.25) is 0 Å². The largest absolute Gasteiger partial charge is 0.306 e. The molecule has 2 fully saturated rings. The summed E-state index contributed by atoms with van der Waals surface area (Å²) >= 11 is 0. The molecule has 2 aliphatic carbocycles. The molecule has 0 radical (unpaired) electrons. The molecule has 0 aromatic carbocycles. The van der Waals surface area contributed by atoms with Gasteiger partial charge >= 0.3 is 0 Å². The Balaban J connectivity index is 2.15. The molecule has 0 atom stereocenters. The van der Waals surface area contributed by atoms with Gasteiger partial charge in [0.15, 0.2) is 0 Å². The number of fused-ring (bicyclic) bond motifs is 1. The van der Waals surface area contributed by atoms with Crippen molar-refractivity contribution < 1.29 is 0 Å². The maximum Gasteiger partial charge on any atom is 0.00999 e. The van der Waals surface area contributed by atoms with E-state index in [1.165, 1.54) is 25.7 Å². The third-order valence-electron chi connectivity index (χ3n) is 5.66. The fraction of sp³-hybridized carbons (Fsp3) is 1.00. The van der Waals surface area contributed by atoms with Crippen LogP contribution in [0.25, 0.3) is 0 Å². The van der Waals surface area contributed by atoms with Crippen LogP contribution in [0.4, 0.5) is 0 Å². The van der Waals surface area contributed by atoms with Gasteiger partial charge in [-0.05, 0) is 64.7 Å². The first-order chi connectivity index (χ1) is 7.27. The van der Waals surface area contributed by atoms with Gasteiger partial charge in [-0.15, -0.1) is 0 Å². The Hall–Kier alpha value is -0.0800. The summed E-state index contributed by atoms with van der Waals surface area (Å²) in [5.41, 5.74) is 1.13. The summed E-state index contributed by atoms with van der Waals surface area (Å²) in [7, 11) is 8.95. The van der Waals surface area contributed by atoms with E-state index in [9.17, 15) is 0 Å². The van der Waals surface area contributed by atoms with E-state index < -0.39 is 0 Å². The van der Waals surface area contributed by atoms with Crippen LogP contribution in [0.2, 0.25) is 0 Å². The highest BCUT2D eigenvalue weighted by Gasteiger charge is 2.58. The van der Waals surface area contributed by atoms with Gasteiger partial charge in [0.1, 0.15) is 0 Å². The van der Waals surface area contributed by atoms with Crippen LogP contribution in [-0.2, 0) is 0 Å². The van der Waals surface area contributed by atoms with E-state index in [-0.39, 0.29) is 0 Å². The van der Waals surface area contributed by atoms with Crippen LogP contribution < -0.4 is 0 Å². The zero-order valence-corrected chi connectivity index (χ0v) is 11.9. The first-order valence-corrected chi connectivity index (χ1v) is 6.60. The molecule has 0 unspecified atom stereocenters. The molecule has 0 spiro atoms. The first-order valence-electron chi connectivity index (χ1n) is 6.60. The monoisotopic (exact) mass is 224 g/mol. The van der Waals surface area contributed by atoms with E-state index in [2.05, 4.69) is 51.8 Å². The zero-order valence-electron chi connectivity index (χ0n) is 11.9. The first kappa shape index (κ1) is 12.4. The van der Waals surface area contributed by atoms with Crippen molar-refractivity contribution >= 4 is 0 Å². The average molecular weight is 224 g/mol. The molecule has 0 aromatic rings. The second-order valence-electron chi connectivity index (χ2n) is 7.17. The third-order valence-corrected chi connectivity index (χ3v) is 5.66. The molecule has 0 heterocycles. The number of rotatable bonds is 2. The second-order valence-corrected chi connectivity index (χ2v) is 7.17. The maximum absolute atomic E-state index is 2.53. The molecular weight excluding hydrogens is 196 g/mol. The lowest BCUT2D eigenvalue weighted by atomic mass is 9.71. The molecule has 2 aliphatic rings. The molecule has 0 amide bonds. The number of hydrogen-bond donors (Lipinski definition) is 0. The summed E-state index contributed by atoms with van der Waals surface area (Å²) in [5, 5.41) is 0. The van der Waals surface area contributed by atoms with E-state index >= 15 is 0 Å². The molecule has 16 heavy (non-hydrogen) atoms. The van der Waals surface area contributed by atoms with Crippen molar-refractivity contribution in [2.45, 2.75) is 51.6 Å². The van der Waals surface area contributed by atoms with E-state index in [4.69, 9.17) is 0 Å². The Morgan fingerprint density at radius 2 is 0.938 bits per heavy atom. The minimum absolute atomic E-state index is 0.566. The summed E-state index contributed by atoms with van der Waals surface area (Å²) in [6.07, 6.45) is 5.56. The Bertz CT molecular complexity index is 230. The highest BCUT2D eigenvalue weighted by Crippen LogP contribution is 2.63. The van der Waals surface area contributed by atoms with Crippen LogP contribution in [-0.4, -0.2) is 50.1 Å². The molecule has 0 bridgehead atoms. The highest BCUT2D eigenvalue weighted by molar-refractivity contribution is 5.10. The van der Waals surface area contributed by atoms with Crippen LogP contribution in [0, 0.1) is 10.8 Å². The quantitative estimate of drug-likeness (QED) is 0.711. The van der Waals surface area contributed by atoms with E-state index in [1.54, 1.807) is 0 Å². The van der Waals surface area contributed by atoms with Gasteiger partial charge in [0.05, 0.1) is 0 Å². The van der Waals surface area contributed by atoms with Gasteiger partial charge in [0.2, 0.25) is 0 Å². The van der Waals surface area contributed by atoms with Crippen LogP contribution in [0.5, 0.6) is 0 Å². The smallest absolute Gasteiger partial charge is 0.00999 e. The van der Waals surface area contributed by atoms with Gasteiger partial charge in [0.25, 0.3) is 0 Å². The molecule has 2 nitrogen and oxygen atoms in total. The van der Waals surface area contributed by atoms with E-state index in [1.807, 2.05) is 0 Å². The fourth-order valence-electron chi connectivity index (χ4n) is 4.11. The topological polar surface area (TPSA) is 6.48 Å². The number of nitrogens with zero attached hydrogens (tertiary/aromatic N) is 2. The predicted molar refractivity (Wildman–Crippen MR) is 69.6 cm³/mol. The van der Waals surface area contributed by atoms with Crippen LogP contribution >= 0.6 is 0 Å². The molecule has 0 aromatic heterocycles. The molecule has 2 rings (SSSR count). The lowest BCUT2D eigenvalue weighted by Gasteiger charge is -2.33. The molecule has 94 valence electrons. The Labute approximate surface area is 101 Å². The fourth-order valence-corrected chi connectivity index (χ4v) is 4.11. The van der Waals surface area contributed by atoms with E-state index in [0.29, 0.717) is 10.8 Å². The normalized spacial score (nSPS) is 48.0. The zero-order chi connectivity index (χ0) is 12.1. The van der Waals surface area contributed by atoms with Crippen molar-refractivity contribution in [3.63, 3.8) is 0 Å². The molecule has 2 heteroatoms. The van der Waals surface area contributed by atoms with Crippen molar-refractivity contribution in [1.29, 1.82) is 0 Å². The third kappa shape index (κ3) is 1.70. The molecule has 0 N–H and O–H groups in total. The maximum atomic E-state index is 2.53. The van der Waals surface area contributed by atoms with Gasteiger partial charge < -0.3 is 9.80 Å². The average Bonchev–Trinajstić information content (AvgIpc) is 2.50. The SMILES string of the molecule is CN(C)C1CC2(C)CC(N(C)C)CC2(C)C1. The van der Waals surface area contributed by atoms with Gasteiger partial charge in [-0.2, -0.15) is 0 Å². The second kappa shape index (κ2) is 3.71. The van der Waals surface area contributed by atoms with Crippen molar-refractivity contribution in [2.24, 2.45) is 10.8 Å². The summed E-state index contributed by atoms with van der Waals surface area (Å²) < 4.78 is 0. The van der Waals surface area contributed by atoms with Gasteiger partial charge in [-0.25, -0.2) is 0 Å². The minimum Gasteiger partial charge on any atom is -0.306 e. The minimum atomic E-state index is 0.566. The highest BCUT2D eigenvalue weighted by atomic mass is 15.1. The summed E-state index contributed by atoms with van der Waals surface area (Å²) in [6, 6.07) is 1.61. The summed E-state index contributed by atoms with van der Waals surface area (Å²) in [6.45, 7) is 5.06. The predicted octanol–water partition coefficient (Wildman–Crippen LogP) is 2.45. The Morgan fingerprint density at radius 3 is 1.12 bits per heavy atom. The lowest BCUT2D eigenvalue weighted by Crippen LogP contribution is -2.31. The van der Waals surface area contributed by atoms with Crippen LogP contribution in [0.1, 0.15) is 39.5 Å². The standard InChI is InChI=1S/C14H28N2/c1-13-7-11(15(3)4)9-14(13,2)10-12(8-13)16(5)6/h11-12H,7-10H2,1-6H3. The van der Waals surface area contributed by atoms with E-state index in [0.717, 1.165) is 12.1 Å². The summed E-state index contributed by atoms with van der Waals surface area (Å²) in [4.78, 5) is 4.86. The molecule has 2 saturated carbocycles. The Morgan fingerprint density at radius 1 is 0.688 bits per heavy atom. The number of hydrogen-bond acceptors (Lipinski definition) is 2. The molecular formula is C14H28N2. The van der Waals surface area contributed by atoms with Crippen molar-refractivity contribution in [3.8, 4) is 0 Å². The molecule has 0 saturated heterocycles. The van der Waals surface area contributed by atoms with Gasteiger partial charge in [0, 0.05) is 12.1 Å². The van der Waals surface area contributed by atoms with Crippen molar-refractivity contribution in [3.05, 3.63) is 0 Å². The lowest BCUT2D eigenvalue weighted by molar-refractivity contribution is 0.157. The van der Waals surface area contributed by atoms with Crippen molar-refractivity contribution in [2.75, 3.05) is 28.2 Å².